The van der Waals surface area contributed by atoms with E-state index < -0.39 is 23.7 Å². The molecule has 6 rings (SSSR count). The smallest absolute Gasteiger partial charge is 0.251 e. The molecule has 228 valence electrons. The SMILES string of the molecule is COc1ccc(-c2nnn(CC(=O)N(c3ccc4c(c3)OCCO4)[C@H](C(=O)NC[C@@H]3CCCO3)c3ccc(F)cc3)n2)cc1. The van der Waals surface area contributed by atoms with E-state index in [0.717, 1.165) is 12.8 Å². The van der Waals surface area contributed by atoms with Crippen LogP contribution < -0.4 is 24.4 Å². The van der Waals surface area contributed by atoms with Crippen molar-refractivity contribution >= 4 is 17.5 Å². The fourth-order valence-electron chi connectivity index (χ4n) is 5.16. The number of carbonyl (C=O) groups is 2. The number of hydrogen-bond acceptors (Lipinski definition) is 9. The number of carbonyl (C=O) groups excluding carboxylic acids is 2. The van der Waals surface area contributed by atoms with Crippen molar-refractivity contribution < 1.29 is 32.9 Å². The van der Waals surface area contributed by atoms with E-state index in [9.17, 15) is 14.0 Å². The van der Waals surface area contributed by atoms with Crippen molar-refractivity contribution in [3.8, 4) is 28.6 Å². The molecule has 0 unspecified atom stereocenters. The third-order valence-corrected chi connectivity index (χ3v) is 7.37. The average Bonchev–Trinajstić information content (AvgIpc) is 3.75. The van der Waals surface area contributed by atoms with E-state index in [0.29, 0.717) is 59.7 Å². The molecule has 2 atom stereocenters. The van der Waals surface area contributed by atoms with Gasteiger partial charge in [-0.25, -0.2) is 4.39 Å². The molecule has 3 heterocycles. The second kappa shape index (κ2) is 13.1. The van der Waals surface area contributed by atoms with Gasteiger partial charge in [-0.3, -0.25) is 14.5 Å². The maximum Gasteiger partial charge on any atom is 0.251 e. The van der Waals surface area contributed by atoms with Crippen molar-refractivity contribution in [1.29, 1.82) is 0 Å². The number of nitrogens with one attached hydrogen (secondary N) is 1. The molecular weight excluding hydrogens is 571 g/mol. The summed E-state index contributed by atoms with van der Waals surface area (Å²) < 4.78 is 36.3. The third-order valence-electron chi connectivity index (χ3n) is 7.37. The Kier molecular flexibility index (Phi) is 8.64. The monoisotopic (exact) mass is 602 g/mol. The number of amides is 2. The molecule has 1 N–H and O–H groups in total. The van der Waals surface area contributed by atoms with Gasteiger partial charge >= 0.3 is 0 Å². The molecule has 0 spiro atoms. The van der Waals surface area contributed by atoms with Gasteiger partial charge in [-0.1, -0.05) is 12.1 Å². The number of methoxy groups -OCH3 is 1. The Morgan fingerprint density at radius 3 is 2.55 bits per heavy atom. The molecule has 0 saturated carbocycles. The van der Waals surface area contributed by atoms with Crippen LogP contribution in [0.25, 0.3) is 11.4 Å². The molecule has 12 nitrogen and oxygen atoms in total. The fraction of sp³-hybridized carbons (Fsp3) is 0.323. The fourth-order valence-corrected chi connectivity index (χ4v) is 5.16. The van der Waals surface area contributed by atoms with Crippen LogP contribution in [0.5, 0.6) is 17.2 Å². The van der Waals surface area contributed by atoms with Gasteiger partial charge in [0.15, 0.2) is 11.5 Å². The average molecular weight is 603 g/mol. The number of ether oxygens (including phenoxy) is 4. The van der Waals surface area contributed by atoms with E-state index >= 15 is 0 Å². The lowest BCUT2D eigenvalue weighted by Crippen LogP contribution is -2.46. The maximum atomic E-state index is 14.2. The number of rotatable bonds is 10. The lowest BCUT2D eigenvalue weighted by atomic mass is 10.0. The topological polar surface area (TPSA) is 130 Å². The first-order valence-corrected chi connectivity index (χ1v) is 14.3. The zero-order chi connectivity index (χ0) is 30.5. The van der Waals surface area contributed by atoms with Gasteiger partial charge in [0.25, 0.3) is 5.91 Å². The first-order valence-electron chi connectivity index (χ1n) is 14.3. The summed E-state index contributed by atoms with van der Waals surface area (Å²) in [4.78, 5) is 30.6. The third kappa shape index (κ3) is 6.47. The second-order valence-electron chi connectivity index (χ2n) is 10.3. The number of anilines is 1. The van der Waals surface area contributed by atoms with Gasteiger partial charge in [-0.05, 0) is 72.1 Å². The Balaban J connectivity index is 1.34. The van der Waals surface area contributed by atoms with Crippen molar-refractivity contribution in [2.24, 2.45) is 0 Å². The highest BCUT2D eigenvalue weighted by Crippen LogP contribution is 2.37. The van der Waals surface area contributed by atoms with E-state index in [4.69, 9.17) is 18.9 Å². The summed E-state index contributed by atoms with van der Waals surface area (Å²) in [5.74, 6) is 0.511. The van der Waals surface area contributed by atoms with Crippen LogP contribution in [0, 0.1) is 5.82 Å². The highest BCUT2D eigenvalue weighted by molar-refractivity contribution is 6.01. The second-order valence-corrected chi connectivity index (χ2v) is 10.3. The minimum Gasteiger partial charge on any atom is -0.497 e. The predicted molar refractivity (Wildman–Crippen MR) is 156 cm³/mol. The molecule has 1 fully saturated rings. The van der Waals surface area contributed by atoms with Gasteiger partial charge in [-0.15, -0.1) is 10.2 Å². The number of benzene rings is 3. The minimum absolute atomic E-state index is 0.123. The van der Waals surface area contributed by atoms with Gasteiger partial charge < -0.3 is 24.3 Å². The van der Waals surface area contributed by atoms with Crippen LogP contribution in [0.2, 0.25) is 0 Å². The number of tetrazole rings is 1. The Labute approximate surface area is 252 Å². The normalized spacial score (nSPS) is 16.3. The van der Waals surface area contributed by atoms with Gasteiger partial charge in [0.05, 0.1) is 13.2 Å². The van der Waals surface area contributed by atoms with Crippen LogP contribution >= 0.6 is 0 Å². The van der Waals surface area contributed by atoms with Crippen LogP contribution in [-0.2, 0) is 20.9 Å². The number of aromatic nitrogens is 4. The van der Waals surface area contributed by atoms with Gasteiger partial charge in [0.2, 0.25) is 11.7 Å². The molecule has 4 aromatic rings. The van der Waals surface area contributed by atoms with Crippen molar-refractivity contribution in [2.75, 3.05) is 38.4 Å². The highest BCUT2D eigenvalue weighted by atomic mass is 19.1. The Morgan fingerprint density at radius 2 is 1.82 bits per heavy atom. The largest absolute Gasteiger partial charge is 0.497 e. The van der Waals surface area contributed by atoms with Gasteiger partial charge in [0, 0.05) is 30.5 Å². The number of fused-ring (bicyclic) bond motifs is 1. The first-order chi connectivity index (χ1) is 21.5. The molecule has 44 heavy (non-hydrogen) atoms. The molecule has 2 amide bonds. The van der Waals surface area contributed by atoms with E-state index in [-0.39, 0.29) is 19.2 Å². The van der Waals surface area contributed by atoms with Gasteiger partial charge in [0.1, 0.15) is 37.4 Å². The molecule has 0 aliphatic carbocycles. The Hall–Kier alpha value is -5.04. The standard InChI is InChI=1S/C31H31FN6O6/c1-41-24-11-6-21(7-12-24)30-34-36-37(35-30)19-28(39)38(23-10-13-26-27(17-23)44-16-15-43-26)29(20-4-8-22(32)9-5-20)31(40)33-18-25-3-2-14-42-25/h4-13,17,25,29H,2-3,14-16,18-19H2,1H3,(H,33,40)/t25-,29-/m0/s1. The first kappa shape index (κ1) is 29.1. The number of halogens is 1. The Morgan fingerprint density at radius 1 is 1.05 bits per heavy atom. The minimum atomic E-state index is -1.17. The summed E-state index contributed by atoms with van der Waals surface area (Å²) in [5.41, 5.74) is 1.46. The molecule has 2 aliphatic rings. The summed E-state index contributed by atoms with van der Waals surface area (Å²) in [5, 5.41) is 15.5. The van der Waals surface area contributed by atoms with Crippen molar-refractivity contribution in [3.05, 3.63) is 78.1 Å². The van der Waals surface area contributed by atoms with Gasteiger partial charge in [-0.2, -0.15) is 4.80 Å². The van der Waals surface area contributed by atoms with E-state index in [1.54, 1.807) is 49.6 Å². The van der Waals surface area contributed by atoms with Crippen LogP contribution in [0.1, 0.15) is 24.4 Å². The molecule has 0 bridgehead atoms. The molecule has 2 aliphatic heterocycles. The van der Waals surface area contributed by atoms with E-state index in [1.807, 2.05) is 0 Å². The number of hydrogen-bond donors (Lipinski definition) is 1. The zero-order valence-corrected chi connectivity index (χ0v) is 24.0. The summed E-state index contributed by atoms with van der Waals surface area (Å²) in [6, 6.07) is 16.4. The quantitative estimate of drug-likeness (QED) is 0.291. The van der Waals surface area contributed by atoms with Crippen LogP contribution in [0.4, 0.5) is 10.1 Å². The van der Waals surface area contributed by atoms with E-state index in [1.165, 1.54) is 34.0 Å². The lowest BCUT2D eigenvalue weighted by molar-refractivity contribution is -0.127. The van der Waals surface area contributed by atoms with Crippen LogP contribution in [0.3, 0.4) is 0 Å². The summed E-state index contributed by atoms with van der Waals surface area (Å²) in [7, 11) is 1.57. The van der Waals surface area contributed by atoms with Crippen LogP contribution in [0.15, 0.2) is 66.7 Å². The van der Waals surface area contributed by atoms with Crippen molar-refractivity contribution in [1.82, 2.24) is 25.5 Å². The summed E-state index contributed by atoms with van der Waals surface area (Å²) >= 11 is 0. The van der Waals surface area contributed by atoms with E-state index in [2.05, 4.69) is 20.7 Å². The summed E-state index contributed by atoms with van der Waals surface area (Å²) in [6.07, 6.45) is 1.61. The zero-order valence-electron chi connectivity index (χ0n) is 24.0. The lowest BCUT2D eigenvalue weighted by Gasteiger charge is -2.32. The molecule has 0 radical (unpaired) electrons. The number of nitrogens with zero attached hydrogens (tertiary/aromatic N) is 5. The van der Waals surface area contributed by atoms with Crippen LogP contribution in [-0.4, -0.2) is 71.6 Å². The highest BCUT2D eigenvalue weighted by Gasteiger charge is 2.35. The maximum absolute atomic E-state index is 14.2. The molecule has 3 aromatic carbocycles. The Bertz CT molecular complexity index is 1610. The predicted octanol–water partition coefficient (Wildman–Crippen LogP) is 3.33. The summed E-state index contributed by atoms with van der Waals surface area (Å²) in [6.45, 7) is 1.30. The van der Waals surface area contributed by atoms with Crippen molar-refractivity contribution in [3.63, 3.8) is 0 Å². The molecular formula is C31H31FN6O6. The molecule has 13 heteroatoms. The molecule has 1 aromatic heterocycles. The van der Waals surface area contributed by atoms with Crippen molar-refractivity contribution in [2.45, 2.75) is 31.5 Å². The molecule has 1 saturated heterocycles.